The molecule has 0 aliphatic carbocycles. The van der Waals surface area contributed by atoms with E-state index in [0.717, 1.165) is 0 Å². The van der Waals surface area contributed by atoms with Gasteiger partial charge in [-0.25, -0.2) is 0 Å². The van der Waals surface area contributed by atoms with E-state index in [9.17, 15) is 4.79 Å². The van der Waals surface area contributed by atoms with Gasteiger partial charge in [0, 0.05) is 6.54 Å². The van der Waals surface area contributed by atoms with Gasteiger partial charge in [0.1, 0.15) is 0 Å². The first-order valence-electron chi connectivity index (χ1n) is 4.04. The second-order valence-electron chi connectivity index (χ2n) is 3.46. The van der Waals surface area contributed by atoms with E-state index < -0.39 is 17.5 Å². The SMILES string of the molecule is CC(O)CCC(C)(CN)C(=O)O. The number of carboxylic acid groups (broad SMARTS) is 1. The largest absolute Gasteiger partial charge is 0.481 e. The Morgan fingerprint density at radius 3 is 2.42 bits per heavy atom. The van der Waals surface area contributed by atoms with Gasteiger partial charge in [0.25, 0.3) is 0 Å². The lowest BCUT2D eigenvalue weighted by atomic mass is 9.85. The molecular formula is C8H17NO3. The van der Waals surface area contributed by atoms with Gasteiger partial charge in [0.2, 0.25) is 0 Å². The molecule has 0 aliphatic rings. The molecule has 2 unspecified atom stereocenters. The highest BCUT2D eigenvalue weighted by Gasteiger charge is 2.31. The average Bonchev–Trinajstić information content (AvgIpc) is 1.99. The zero-order valence-electron chi connectivity index (χ0n) is 7.58. The van der Waals surface area contributed by atoms with Gasteiger partial charge in [-0.1, -0.05) is 0 Å². The van der Waals surface area contributed by atoms with Crippen LogP contribution in [0.4, 0.5) is 0 Å². The smallest absolute Gasteiger partial charge is 0.310 e. The van der Waals surface area contributed by atoms with E-state index >= 15 is 0 Å². The summed E-state index contributed by atoms with van der Waals surface area (Å²) >= 11 is 0. The number of aliphatic carboxylic acids is 1. The van der Waals surface area contributed by atoms with Crippen molar-refractivity contribution >= 4 is 5.97 Å². The second kappa shape index (κ2) is 4.42. The molecule has 0 amide bonds. The summed E-state index contributed by atoms with van der Waals surface area (Å²) in [7, 11) is 0. The molecule has 4 nitrogen and oxygen atoms in total. The van der Waals surface area contributed by atoms with Crippen LogP contribution in [0.3, 0.4) is 0 Å². The Bertz CT molecular complexity index is 158. The third-order valence-corrected chi connectivity index (χ3v) is 2.08. The standard InChI is InChI=1S/C8H17NO3/c1-6(10)3-4-8(2,5-9)7(11)12/h6,10H,3-5,9H2,1-2H3,(H,11,12). The Hall–Kier alpha value is -0.610. The molecular weight excluding hydrogens is 158 g/mol. The maximum absolute atomic E-state index is 10.7. The van der Waals surface area contributed by atoms with Crippen LogP contribution in [0.5, 0.6) is 0 Å². The van der Waals surface area contributed by atoms with Crippen molar-refractivity contribution < 1.29 is 15.0 Å². The fourth-order valence-corrected chi connectivity index (χ4v) is 0.824. The Kier molecular flexibility index (Phi) is 4.20. The maximum atomic E-state index is 10.7. The molecule has 0 fully saturated rings. The molecule has 0 aliphatic heterocycles. The van der Waals surface area contributed by atoms with Crippen molar-refractivity contribution in [1.82, 2.24) is 0 Å². The molecule has 0 saturated carbocycles. The Morgan fingerprint density at radius 2 is 2.17 bits per heavy atom. The third kappa shape index (κ3) is 3.19. The number of hydrogen-bond acceptors (Lipinski definition) is 3. The summed E-state index contributed by atoms with van der Waals surface area (Å²) < 4.78 is 0. The molecule has 0 spiro atoms. The van der Waals surface area contributed by atoms with Gasteiger partial charge in [-0.2, -0.15) is 0 Å². The van der Waals surface area contributed by atoms with Crippen LogP contribution in [0.15, 0.2) is 0 Å². The minimum Gasteiger partial charge on any atom is -0.481 e. The summed E-state index contributed by atoms with van der Waals surface area (Å²) in [4.78, 5) is 10.7. The molecule has 0 radical (unpaired) electrons. The van der Waals surface area contributed by atoms with Gasteiger partial charge in [-0.3, -0.25) is 4.79 Å². The molecule has 0 aromatic heterocycles. The summed E-state index contributed by atoms with van der Waals surface area (Å²) in [5.74, 6) is -0.898. The monoisotopic (exact) mass is 175 g/mol. The third-order valence-electron chi connectivity index (χ3n) is 2.08. The highest BCUT2D eigenvalue weighted by molar-refractivity contribution is 5.74. The number of hydrogen-bond donors (Lipinski definition) is 3. The van der Waals surface area contributed by atoms with Crippen LogP contribution in [0.1, 0.15) is 26.7 Å². The second-order valence-corrected chi connectivity index (χ2v) is 3.46. The van der Waals surface area contributed by atoms with E-state index in [4.69, 9.17) is 15.9 Å². The first kappa shape index (κ1) is 11.4. The highest BCUT2D eigenvalue weighted by atomic mass is 16.4. The molecule has 72 valence electrons. The topological polar surface area (TPSA) is 83.5 Å². The van der Waals surface area contributed by atoms with Gasteiger partial charge in [0.05, 0.1) is 11.5 Å². The first-order valence-corrected chi connectivity index (χ1v) is 4.04. The lowest BCUT2D eigenvalue weighted by Crippen LogP contribution is -2.36. The Balaban J connectivity index is 4.06. The van der Waals surface area contributed by atoms with E-state index in [2.05, 4.69) is 0 Å². The van der Waals surface area contributed by atoms with Crippen molar-refractivity contribution in [2.75, 3.05) is 6.54 Å². The molecule has 0 aromatic rings. The predicted octanol–water partition coefficient (Wildman–Crippen LogP) is 0.197. The van der Waals surface area contributed by atoms with Crippen molar-refractivity contribution in [3.05, 3.63) is 0 Å². The predicted molar refractivity (Wildman–Crippen MR) is 45.7 cm³/mol. The van der Waals surface area contributed by atoms with Gasteiger partial charge in [0.15, 0.2) is 0 Å². The lowest BCUT2D eigenvalue weighted by Gasteiger charge is -2.22. The average molecular weight is 175 g/mol. The number of nitrogens with two attached hydrogens (primary N) is 1. The highest BCUT2D eigenvalue weighted by Crippen LogP contribution is 2.22. The van der Waals surface area contributed by atoms with E-state index in [1.807, 2.05) is 0 Å². The zero-order chi connectivity index (χ0) is 9.78. The molecule has 4 N–H and O–H groups in total. The van der Waals surface area contributed by atoms with Crippen LogP contribution < -0.4 is 5.73 Å². The molecule has 0 heterocycles. The minimum absolute atomic E-state index is 0.106. The van der Waals surface area contributed by atoms with E-state index in [-0.39, 0.29) is 6.54 Å². The number of aliphatic hydroxyl groups excluding tert-OH is 1. The van der Waals surface area contributed by atoms with E-state index in [0.29, 0.717) is 12.8 Å². The Morgan fingerprint density at radius 1 is 1.67 bits per heavy atom. The molecule has 0 aromatic carbocycles. The van der Waals surface area contributed by atoms with Crippen LogP contribution in [0.2, 0.25) is 0 Å². The summed E-state index contributed by atoms with van der Waals surface area (Å²) in [5, 5.41) is 17.7. The van der Waals surface area contributed by atoms with Crippen LogP contribution in [0, 0.1) is 5.41 Å². The molecule has 0 bridgehead atoms. The van der Waals surface area contributed by atoms with Gasteiger partial charge >= 0.3 is 5.97 Å². The minimum atomic E-state index is -0.898. The van der Waals surface area contributed by atoms with Crippen LogP contribution in [0.25, 0.3) is 0 Å². The summed E-state index contributed by atoms with van der Waals surface area (Å²) in [5.41, 5.74) is 4.44. The van der Waals surface area contributed by atoms with Crippen LogP contribution >= 0.6 is 0 Å². The molecule has 4 heteroatoms. The fraction of sp³-hybridized carbons (Fsp3) is 0.875. The summed E-state index contributed by atoms with van der Waals surface area (Å²) in [6.45, 7) is 3.34. The summed E-state index contributed by atoms with van der Waals surface area (Å²) in [6.07, 6.45) is 0.423. The quantitative estimate of drug-likeness (QED) is 0.557. The van der Waals surface area contributed by atoms with Crippen LogP contribution in [-0.2, 0) is 4.79 Å². The van der Waals surface area contributed by atoms with Crippen molar-refractivity contribution in [1.29, 1.82) is 0 Å². The number of carbonyl (C=O) groups is 1. The van der Waals surface area contributed by atoms with Crippen molar-refractivity contribution in [2.24, 2.45) is 11.1 Å². The normalized spacial score (nSPS) is 18.3. The molecule has 0 saturated heterocycles. The molecule has 0 rings (SSSR count). The molecule has 2 atom stereocenters. The maximum Gasteiger partial charge on any atom is 0.310 e. The first-order chi connectivity index (χ1) is 5.42. The fourth-order valence-electron chi connectivity index (χ4n) is 0.824. The Labute approximate surface area is 72.4 Å². The van der Waals surface area contributed by atoms with Crippen molar-refractivity contribution in [3.63, 3.8) is 0 Å². The van der Waals surface area contributed by atoms with Crippen LogP contribution in [-0.4, -0.2) is 28.8 Å². The summed E-state index contributed by atoms with van der Waals surface area (Å²) in [6, 6.07) is 0. The number of rotatable bonds is 5. The van der Waals surface area contributed by atoms with Gasteiger partial charge in [-0.05, 0) is 26.7 Å². The lowest BCUT2D eigenvalue weighted by molar-refractivity contribution is -0.148. The van der Waals surface area contributed by atoms with E-state index in [1.54, 1.807) is 13.8 Å². The van der Waals surface area contributed by atoms with Crippen molar-refractivity contribution in [2.45, 2.75) is 32.8 Å². The number of aliphatic hydroxyl groups is 1. The van der Waals surface area contributed by atoms with Crippen molar-refractivity contribution in [3.8, 4) is 0 Å². The molecule has 12 heavy (non-hydrogen) atoms. The van der Waals surface area contributed by atoms with E-state index in [1.165, 1.54) is 0 Å². The van der Waals surface area contributed by atoms with Gasteiger partial charge < -0.3 is 15.9 Å². The zero-order valence-corrected chi connectivity index (χ0v) is 7.58. The van der Waals surface area contributed by atoms with Gasteiger partial charge in [-0.15, -0.1) is 0 Å². The number of carboxylic acids is 1.